The van der Waals surface area contributed by atoms with Gasteiger partial charge < -0.3 is 19.7 Å². The third kappa shape index (κ3) is 38.2. The lowest BCUT2D eigenvalue weighted by Gasteiger charge is -2.12. The highest BCUT2D eigenvalue weighted by Gasteiger charge is 2.12. The molecule has 0 amide bonds. The maximum Gasteiger partial charge on any atom is 0.305 e. The molecule has 0 bridgehead atoms. The number of aliphatic hydroxyl groups excluding tert-OH is 2. The average Bonchev–Trinajstić information content (AvgIpc) is 3.04. The van der Waals surface area contributed by atoms with Crippen molar-refractivity contribution >= 4 is 11.9 Å². The van der Waals surface area contributed by atoms with Crippen molar-refractivity contribution < 1.29 is 29.3 Å². The Hall–Kier alpha value is -2.18. The quantitative estimate of drug-likeness (QED) is 0.0413. The van der Waals surface area contributed by atoms with Gasteiger partial charge in [0.1, 0.15) is 19.3 Å². The zero-order valence-corrected chi connectivity index (χ0v) is 30.6. The SMILES string of the molecule is CC(C)CCCCCCCCCCCCCCC(=O)OC[C@H](O)COC(=O)CCC/C=C\C/C=C\C/C=C\C/C=C\CCC[C@@H](C)O. The molecule has 0 spiro atoms. The fourth-order valence-electron chi connectivity index (χ4n) is 5.10. The van der Waals surface area contributed by atoms with Crippen LogP contribution in [0.2, 0.25) is 0 Å². The molecule has 47 heavy (non-hydrogen) atoms. The van der Waals surface area contributed by atoms with Crippen LogP contribution in [0.5, 0.6) is 0 Å². The van der Waals surface area contributed by atoms with Gasteiger partial charge in [-0.05, 0) is 70.6 Å². The molecule has 0 saturated heterocycles. The van der Waals surface area contributed by atoms with Crippen molar-refractivity contribution in [3.05, 3.63) is 48.6 Å². The van der Waals surface area contributed by atoms with Crippen LogP contribution in [0.3, 0.4) is 0 Å². The first-order valence-electron chi connectivity index (χ1n) is 19.1. The summed E-state index contributed by atoms with van der Waals surface area (Å²) in [4.78, 5) is 23.9. The van der Waals surface area contributed by atoms with Crippen LogP contribution in [-0.4, -0.2) is 47.6 Å². The Labute approximate surface area is 289 Å². The Morgan fingerprint density at radius 1 is 0.489 bits per heavy atom. The highest BCUT2D eigenvalue weighted by molar-refractivity contribution is 5.69. The van der Waals surface area contributed by atoms with Crippen molar-refractivity contribution in [2.24, 2.45) is 5.92 Å². The number of esters is 2. The molecule has 2 atom stereocenters. The zero-order chi connectivity index (χ0) is 34.6. The Kier molecular flexibility index (Phi) is 33.5. The van der Waals surface area contributed by atoms with Gasteiger partial charge in [-0.3, -0.25) is 9.59 Å². The van der Waals surface area contributed by atoms with Crippen LogP contribution in [0.15, 0.2) is 48.6 Å². The second-order valence-electron chi connectivity index (χ2n) is 13.5. The summed E-state index contributed by atoms with van der Waals surface area (Å²) in [7, 11) is 0. The van der Waals surface area contributed by atoms with E-state index in [0.29, 0.717) is 19.3 Å². The lowest BCUT2D eigenvalue weighted by Crippen LogP contribution is -2.25. The standard InChI is InChI=1S/C41H72O6/c1-37(2)31-27-23-19-15-11-9-10-14-18-22-26-30-34-41(45)47-36-39(43)35-46-40(44)33-29-25-21-17-13-8-6-4-5-7-12-16-20-24-28-32-38(3)42/h5-8,16-17,20-21,37-39,42-43H,4,9-15,18-19,22-36H2,1-3H3/b7-5-,8-6-,20-16-,21-17-/t38-,39-/m1/s1. The molecule has 0 radical (unpaired) electrons. The van der Waals surface area contributed by atoms with Crippen molar-refractivity contribution in [3.63, 3.8) is 0 Å². The maximum absolute atomic E-state index is 11.9. The van der Waals surface area contributed by atoms with E-state index >= 15 is 0 Å². The highest BCUT2D eigenvalue weighted by Crippen LogP contribution is 2.14. The molecule has 0 aromatic rings. The van der Waals surface area contributed by atoms with Crippen molar-refractivity contribution in [2.75, 3.05) is 13.2 Å². The normalized spacial score (nSPS) is 13.5. The average molecular weight is 661 g/mol. The van der Waals surface area contributed by atoms with Crippen molar-refractivity contribution in [1.82, 2.24) is 0 Å². The number of ether oxygens (including phenoxy) is 2. The van der Waals surface area contributed by atoms with Gasteiger partial charge in [0, 0.05) is 12.8 Å². The first-order valence-corrected chi connectivity index (χ1v) is 19.1. The van der Waals surface area contributed by atoms with Crippen LogP contribution in [0, 0.1) is 5.92 Å². The van der Waals surface area contributed by atoms with Gasteiger partial charge in [-0.25, -0.2) is 0 Å². The second-order valence-corrected chi connectivity index (χ2v) is 13.5. The topological polar surface area (TPSA) is 93.1 Å². The zero-order valence-electron chi connectivity index (χ0n) is 30.6. The van der Waals surface area contributed by atoms with Gasteiger partial charge in [0.05, 0.1) is 6.10 Å². The number of hydrogen-bond donors (Lipinski definition) is 2. The predicted molar refractivity (Wildman–Crippen MR) is 197 cm³/mol. The smallest absolute Gasteiger partial charge is 0.305 e. The van der Waals surface area contributed by atoms with Gasteiger partial charge in [-0.2, -0.15) is 0 Å². The molecule has 0 unspecified atom stereocenters. The van der Waals surface area contributed by atoms with E-state index in [1.54, 1.807) is 0 Å². The Bertz CT molecular complexity index is 826. The molecule has 0 saturated carbocycles. The van der Waals surface area contributed by atoms with Crippen LogP contribution < -0.4 is 0 Å². The van der Waals surface area contributed by atoms with E-state index in [-0.39, 0.29) is 31.3 Å². The number of carbonyl (C=O) groups excluding carboxylic acids is 2. The van der Waals surface area contributed by atoms with E-state index in [1.807, 2.05) is 6.92 Å². The van der Waals surface area contributed by atoms with Gasteiger partial charge >= 0.3 is 11.9 Å². The van der Waals surface area contributed by atoms with Gasteiger partial charge in [-0.15, -0.1) is 0 Å². The van der Waals surface area contributed by atoms with Crippen LogP contribution >= 0.6 is 0 Å². The molecule has 0 aliphatic carbocycles. The summed E-state index contributed by atoms with van der Waals surface area (Å²) >= 11 is 0. The molecule has 0 heterocycles. The fourth-order valence-corrected chi connectivity index (χ4v) is 5.10. The minimum Gasteiger partial charge on any atom is -0.463 e. The third-order valence-corrected chi connectivity index (χ3v) is 8.01. The van der Waals surface area contributed by atoms with E-state index in [1.165, 1.54) is 64.2 Å². The van der Waals surface area contributed by atoms with E-state index in [4.69, 9.17) is 9.47 Å². The number of carbonyl (C=O) groups is 2. The first-order chi connectivity index (χ1) is 22.8. The summed E-state index contributed by atoms with van der Waals surface area (Å²) < 4.78 is 10.3. The number of hydrogen-bond acceptors (Lipinski definition) is 6. The fraction of sp³-hybridized carbons (Fsp3) is 0.756. The maximum atomic E-state index is 11.9. The molecular weight excluding hydrogens is 588 g/mol. The molecule has 0 aromatic heterocycles. The molecule has 0 aromatic carbocycles. The largest absolute Gasteiger partial charge is 0.463 e. The molecule has 0 rings (SSSR count). The van der Waals surface area contributed by atoms with E-state index in [2.05, 4.69) is 62.5 Å². The molecule has 272 valence electrons. The van der Waals surface area contributed by atoms with E-state index in [0.717, 1.165) is 70.1 Å². The van der Waals surface area contributed by atoms with Crippen LogP contribution in [0.4, 0.5) is 0 Å². The number of unbranched alkanes of at least 4 members (excludes halogenated alkanes) is 13. The van der Waals surface area contributed by atoms with Gasteiger partial charge in [0.25, 0.3) is 0 Å². The molecule has 6 heteroatoms. The van der Waals surface area contributed by atoms with E-state index < -0.39 is 6.10 Å². The molecular formula is C41H72O6. The van der Waals surface area contributed by atoms with E-state index in [9.17, 15) is 19.8 Å². The lowest BCUT2D eigenvalue weighted by molar-refractivity contribution is -0.152. The molecule has 0 aliphatic rings. The summed E-state index contributed by atoms with van der Waals surface area (Å²) in [6.45, 7) is 6.14. The number of rotatable bonds is 33. The molecule has 2 N–H and O–H groups in total. The second kappa shape index (κ2) is 35.1. The summed E-state index contributed by atoms with van der Waals surface area (Å²) in [6.07, 6.45) is 40.1. The van der Waals surface area contributed by atoms with Gasteiger partial charge in [-0.1, -0.05) is 140 Å². The van der Waals surface area contributed by atoms with Crippen LogP contribution in [0.1, 0.15) is 168 Å². The minimum absolute atomic E-state index is 0.140. The highest BCUT2D eigenvalue weighted by atomic mass is 16.6. The summed E-state index contributed by atoms with van der Waals surface area (Å²) in [5.74, 6) is 0.190. The third-order valence-electron chi connectivity index (χ3n) is 8.01. The molecule has 6 nitrogen and oxygen atoms in total. The Morgan fingerprint density at radius 2 is 0.872 bits per heavy atom. The molecule has 0 aliphatic heterocycles. The summed E-state index contributed by atoms with van der Waals surface area (Å²) in [5, 5.41) is 19.2. The number of aliphatic hydroxyl groups is 2. The van der Waals surface area contributed by atoms with Crippen molar-refractivity contribution in [3.8, 4) is 0 Å². The van der Waals surface area contributed by atoms with Crippen LogP contribution in [0.25, 0.3) is 0 Å². The number of allylic oxidation sites excluding steroid dienone is 8. The van der Waals surface area contributed by atoms with Crippen LogP contribution in [-0.2, 0) is 19.1 Å². The van der Waals surface area contributed by atoms with Crippen molar-refractivity contribution in [2.45, 2.75) is 181 Å². The summed E-state index contributed by atoms with van der Waals surface area (Å²) in [6, 6.07) is 0. The monoisotopic (exact) mass is 661 g/mol. The van der Waals surface area contributed by atoms with Crippen molar-refractivity contribution in [1.29, 1.82) is 0 Å². The summed E-state index contributed by atoms with van der Waals surface area (Å²) in [5.41, 5.74) is 0. The van der Waals surface area contributed by atoms with Gasteiger partial charge in [0.2, 0.25) is 0 Å². The first kappa shape index (κ1) is 44.8. The van der Waals surface area contributed by atoms with Gasteiger partial charge in [0.15, 0.2) is 0 Å². The Balaban J connectivity index is 3.55. The minimum atomic E-state index is -0.993. The Morgan fingerprint density at radius 3 is 1.32 bits per heavy atom. The predicted octanol–water partition coefficient (Wildman–Crippen LogP) is 10.7. The molecule has 0 fully saturated rings. The lowest BCUT2D eigenvalue weighted by atomic mass is 10.0.